The summed E-state index contributed by atoms with van der Waals surface area (Å²) in [6, 6.07) is 0.938. The quantitative estimate of drug-likeness (QED) is 0.714. The maximum absolute atomic E-state index is 11.6. The highest BCUT2D eigenvalue weighted by molar-refractivity contribution is 5.26. The summed E-state index contributed by atoms with van der Waals surface area (Å²) in [5.74, 6) is 0. The number of nitrogens with one attached hydrogen (secondary N) is 1. The minimum absolute atomic E-state index is 0.0330. The van der Waals surface area contributed by atoms with Crippen LogP contribution in [0.15, 0.2) is 11.1 Å². The van der Waals surface area contributed by atoms with Gasteiger partial charge in [0.25, 0.3) is 5.56 Å². The van der Waals surface area contributed by atoms with Gasteiger partial charge >= 0.3 is 0 Å². The van der Waals surface area contributed by atoms with Gasteiger partial charge in [-0.15, -0.1) is 0 Å². The Kier molecular flexibility index (Phi) is 1.56. The van der Waals surface area contributed by atoms with Crippen LogP contribution in [0.4, 0.5) is 0 Å². The summed E-state index contributed by atoms with van der Waals surface area (Å²) < 4.78 is 0. The Bertz CT molecular complexity index is 422. The molecule has 0 spiro atoms. The molecule has 3 rings (SSSR count). The van der Waals surface area contributed by atoms with Crippen molar-refractivity contribution in [2.24, 2.45) is 0 Å². The Balaban J connectivity index is 2.05. The molecule has 0 amide bonds. The molecule has 1 aliphatic heterocycles. The van der Waals surface area contributed by atoms with E-state index < -0.39 is 0 Å². The number of hydrogen-bond acceptors (Lipinski definition) is 3. The molecule has 1 N–H and O–H groups in total. The molecule has 1 unspecified atom stereocenters. The van der Waals surface area contributed by atoms with E-state index >= 15 is 0 Å². The van der Waals surface area contributed by atoms with Gasteiger partial charge in [0.05, 0.1) is 17.6 Å². The maximum atomic E-state index is 11.6. The molecule has 0 bridgehead atoms. The number of rotatable bonds is 1. The van der Waals surface area contributed by atoms with Crippen LogP contribution in [-0.2, 0) is 6.54 Å². The van der Waals surface area contributed by atoms with Gasteiger partial charge in [-0.1, -0.05) is 0 Å². The van der Waals surface area contributed by atoms with Crippen LogP contribution < -0.4 is 5.56 Å². The normalized spacial score (nSPS) is 26.5. The third kappa shape index (κ3) is 1.04. The Morgan fingerprint density at radius 2 is 2.36 bits per heavy atom. The fourth-order valence-corrected chi connectivity index (χ4v) is 2.33. The van der Waals surface area contributed by atoms with E-state index in [1.54, 1.807) is 0 Å². The van der Waals surface area contributed by atoms with Crippen LogP contribution in [0.5, 0.6) is 0 Å². The number of nitrogens with zero attached hydrogens (tertiary/aromatic N) is 2. The molecular formula is C10H13N3O. The molecule has 0 aromatic carbocycles. The second-order valence-corrected chi connectivity index (χ2v) is 4.17. The topological polar surface area (TPSA) is 49.0 Å². The predicted octanol–water partition coefficient (Wildman–Crippen LogP) is 0.809. The molecule has 1 aromatic heterocycles. The lowest BCUT2D eigenvalue weighted by molar-refractivity contribution is 0.217. The van der Waals surface area contributed by atoms with Crippen LogP contribution in [0.25, 0.3) is 0 Å². The van der Waals surface area contributed by atoms with E-state index in [4.69, 9.17) is 0 Å². The summed E-state index contributed by atoms with van der Waals surface area (Å²) in [6.07, 6.45) is 4.05. The lowest BCUT2D eigenvalue weighted by atomic mass is 10.1. The van der Waals surface area contributed by atoms with Gasteiger partial charge in [0.15, 0.2) is 0 Å². The monoisotopic (exact) mass is 191 g/mol. The molecule has 1 saturated carbocycles. The Labute approximate surface area is 82.0 Å². The van der Waals surface area contributed by atoms with Gasteiger partial charge in [0.2, 0.25) is 0 Å². The van der Waals surface area contributed by atoms with Crippen molar-refractivity contribution in [3.63, 3.8) is 0 Å². The average molecular weight is 191 g/mol. The minimum atomic E-state index is 0.0330. The summed E-state index contributed by atoms with van der Waals surface area (Å²) in [5, 5.41) is 0. The lowest BCUT2D eigenvalue weighted by Crippen LogP contribution is -2.24. The van der Waals surface area contributed by atoms with Crippen LogP contribution in [-0.4, -0.2) is 20.9 Å². The van der Waals surface area contributed by atoms with Crippen LogP contribution >= 0.6 is 0 Å². The van der Waals surface area contributed by atoms with E-state index in [1.165, 1.54) is 19.2 Å². The van der Waals surface area contributed by atoms with Crippen LogP contribution in [0.3, 0.4) is 0 Å². The first-order valence-electron chi connectivity index (χ1n) is 5.09. The molecule has 2 aliphatic rings. The molecule has 4 nitrogen and oxygen atoms in total. The number of aromatic nitrogens is 2. The van der Waals surface area contributed by atoms with Crippen molar-refractivity contribution in [3.8, 4) is 0 Å². The molecule has 1 fully saturated rings. The molecular weight excluding hydrogens is 178 g/mol. The standard InChI is InChI=1S/C10H13N3O/c1-6-9-8(11-5-12-10(9)14)4-13(6)7-2-3-7/h5-7H,2-4H2,1H3,(H,11,12,14). The van der Waals surface area contributed by atoms with Gasteiger partial charge in [0, 0.05) is 18.6 Å². The van der Waals surface area contributed by atoms with Gasteiger partial charge in [0.1, 0.15) is 0 Å². The lowest BCUT2D eigenvalue weighted by Gasteiger charge is -2.19. The number of fused-ring (bicyclic) bond motifs is 1. The van der Waals surface area contributed by atoms with Crippen LogP contribution in [0.2, 0.25) is 0 Å². The van der Waals surface area contributed by atoms with E-state index in [-0.39, 0.29) is 11.6 Å². The van der Waals surface area contributed by atoms with E-state index in [2.05, 4.69) is 21.8 Å². The summed E-state index contributed by atoms with van der Waals surface area (Å²) in [6.45, 7) is 2.95. The molecule has 4 heteroatoms. The zero-order valence-electron chi connectivity index (χ0n) is 8.16. The minimum Gasteiger partial charge on any atom is -0.313 e. The van der Waals surface area contributed by atoms with Gasteiger partial charge in [-0.2, -0.15) is 0 Å². The van der Waals surface area contributed by atoms with E-state index in [9.17, 15) is 4.79 Å². The second-order valence-electron chi connectivity index (χ2n) is 4.17. The maximum Gasteiger partial charge on any atom is 0.255 e. The van der Waals surface area contributed by atoms with Crippen molar-refractivity contribution in [3.05, 3.63) is 27.9 Å². The molecule has 1 aliphatic carbocycles. The smallest absolute Gasteiger partial charge is 0.255 e. The Morgan fingerprint density at radius 3 is 3.00 bits per heavy atom. The van der Waals surface area contributed by atoms with Crippen molar-refractivity contribution in [2.75, 3.05) is 0 Å². The largest absolute Gasteiger partial charge is 0.313 e. The molecule has 1 atom stereocenters. The highest BCUT2D eigenvalue weighted by Gasteiger charge is 2.39. The summed E-state index contributed by atoms with van der Waals surface area (Å²) >= 11 is 0. The van der Waals surface area contributed by atoms with Gasteiger partial charge < -0.3 is 4.98 Å². The first-order valence-corrected chi connectivity index (χ1v) is 5.09. The van der Waals surface area contributed by atoms with Gasteiger partial charge in [-0.3, -0.25) is 9.69 Å². The zero-order valence-corrected chi connectivity index (χ0v) is 8.16. The van der Waals surface area contributed by atoms with Crippen molar-refractivity contribution in [1.82, 2.24) is 14.9 Å². The summed E-state index contributed by atoms with van der Waals surface area (Å²) in [7, 11) is 0. The SMILES string of the molecule is CC1c2c(nc[nH]c2=O)CN1C1CC1. The average Bonchev–Trinajstić information content (AvgIpc) is 2.93. The summed E-state index contributed by atoms with van der Waals surface area (Å²) in [5.41, 5.74) is 1.87. The van der Waals surface area contributed by atoms with Crippen molar-refractivity contribution in [2.45, 2.75) is 38.4 Å². The highest BCUT2D eigenvalue weighted by Crippen LogP contribution is 2.39. The molecule has 0 saturated heterocycles. The van der Waals surface area contributed by atoms with Crippen LogP contribution in [0.1, 0.15) is 37.1 Å². The molecule has 0 radical (unpaired) electrons. The van der Waals surface area contributed by atoms with Crippen molar-refractivity contribution >= 4 is 0 Å². The van der Waals surface area contributed by atoms with E-state index in [1.807, 2.05) is 0 Å². The first-order chi connectivity index (χ1) is 6.77. The predicted molar refractivity (Wildman–Crippen MR) is 51.8 cm³/mol. The molecule has 14 heavy (non-hydrogen) atoms. The highest BCUT2D eigenvalue weighted by atomic mass is 16.1. The van der Waals surface area contributed by atoms with Gasteiger partial charge in [-0.25, -0.2) is 4.98 Å². The molecule has 2 heterocycles. The number of aromatic amines is 1. The fraction of sp³-hybridized carbons (Fsp3) is 0.600. The zero-order chi connectivity index (χ0) is 9.71. The summed E-state index contributed by atoms with van der Waals surface area (Å²) in [4.78, 5) is 20.9. The Morgan fingerprint density at radius 1 is 1.57 bits per heavy atom. The second kappa shape index (κ2) is 2.67. The molecule has 1 aromatic rings. The number of H-pyrrole nitrogens is 1. The van der Waals surface area contributed by atoms with Crippen molar-refractivity contribution < 1.29 is 0 Å². The van der Waals surface area contributed by atoms with Crippen molar-refractivity contribution in [1.29, 1.82) is 0 Å². The van der Waals surface area contributed by atoms with E-state index in [0.717, 1.165) is 17.8 Å². The molecule has 74 valence electrons. The first kappa shape index (κ1) is 8.17. The van der Waals surface area contributed by atoms with E-state index in [0.29, 0.717) is 6.04 Å². The third-order valence-corrected chi connectivity index (χ3v) is 3.24. The number of hydrogen-bond donors (Lipinski definition) is 1. The Hall–Kier alpha value is -1.16. The van der Waals surface area contributed by atoms with Crippen LogP contribution in [0, 0.1) is 0 Å². The van der Waals surface area contributed by atoms with Gasteiger partial charge in [-0.05, 0) is 19.8 Å². The fourth-order valence-electron chi connectivity index (χ4n) is 2.33. The third-order valence-electron chi connectivity index (χ3n) is 3.24.